The average molecular weight is 475 g/mol. The molecule has 0 bridgehead atoms. The number of hydrogen-bond donors (Lipinski definition) is 3. The number of rotatable bonds is 7. The molecule has 32 heavy (non-hydrogen) atoms. The third-order valence-corrected chi connectivity index (χ3v) is 5.83. The van der Waals surface area contributed by atoms with Crippen LogP contribution in [0.25, 0.3) is 11.6 Å². The Morgan fingerprint density at radius 1 is 1.31 bits per heavy atom. The SMILES string of the molecule is CCOC(=O)C1=C(CSc2nnc(-c3ccco3)n2N)NC(=O)NC1c1ccc(Cl)cc1. The summed E-state index contributed by atoms with van der Waals surface area (Å²) in [6.07, 6.45) is 1.51. The lowest BCUT2D eigenvalue weighted by molar-refractivity contribution is -0.139. The molecule has 12 heteroatoms. The van der Waals surface area contributed by atoms with E-state index in [-0.39, 0.29) is 17.9 Å². The van der Waals surface area contributed by atoms with E-state index in [1.54, 1.807) is 43.3 Å². The fourth-order valence-corrected chi connectivity index (χ4v) is 4.12. The van der Waals surface area contributed by atoms with Gasteiger partial charge in [-0.25, -0.2) is 14.3 Å². The maximum absolute atomic E-state index is 12.8. The van der Waals surface area contributed by atoms with Gasteiger partial charge in [0.1, 0.15) is 0 Å². The number of nitrogens with two attached hydrogens (primary N) is 1. The molecule has 0 aliphatic carbocycles. The van der Waals surface area contributed by atoms with Crippen LogP contribution in [-0.2, 0) is 9.53 Å². The molecule has 2 aromatic heterocycles. The predicted molar refractivity (Wildman–Crippen MR) is 118 cm³/mol. The number of esters is 1. The molecule has 4 N–H and O–H groups in total. The van der Waals surface area contributed by atoms with Gasteiger partial charge in [-0.2, -0.15) is 0 Å². The molecule has 166 valence electrons. The van der Waals surface area contributed by atoms with Crippen molar-refractivity contribution < 1.29 is 18.7 Å². The Morgan fingerprint density at radius 3 is 2.78 bits per heavy atom. The summed E-state index contributed by atoms with van der Waals surface area (Å²) >= 11 is 7.19. The first-order chi connectivity index (χ1) is 15.5. The minimum absolute atomic E-state index is 0.188. The Bertz CT molecular complexity index is 1160. The minimum Gasteiger partial charge on any atom is -0.463 e. The van der Waals surface area contributed by atoms with E-state index in [9.17, 15) is 9.59 Å². The zero-order chi connectivity index (χ0) is 22.7. The van der Waals surface area contributed by atoms with Crippen LogP contribution in [0.4, 0.5) is 4.79 Å². The van der Waals surface area contributed by atoms with Crippen molar-refractivity contribution in [1.82, 2.24) is 25.5 Å². The molecule has 1 atom stereocenters. The van der Waals surface area contributed by atoms with E-state index in [0.29, 0.717) is 33.0 Å². The van der Waals surface area contributed by atoms with Gasteiger partial charge in [-0.3, -0.25) is 0 Å². The van der Waals surface area contributed by atoms with Crippen LogP contribution >= 0.6 is 23.4 Å². The summed E-state index contributed by atoms with van der Waals surface area (Å²) in [7, 11) is 0. The van der Waals surface area contributed by atoms with Crippen LogP contribution in [0.3, 0.4) is 0 Å². The van der Waals surface area contributed by atoms with Crippen molar-refractivity contribution in [2.45, 2.75) is 18.1 Å². The summed E-state index contributed by atoms with van der Waals surface area (Å²) in [5.41, 5.74) is 1.37. The van der Waals surface area contributed by atoms with Gasteiger partial charge in [-0.05, 0) is 36.8 Å². The number of nitrogen functional groups attached to an aromatic ring is 1. The highest BCUT2D eigenvalue weighted by atomic mass is 35.5. The second-order valence-electron chi connectivity index (χ2n) is 6.64. The lowest BCUT2D eigenvalue weighted by atomic mass is 9.95. The molecule has 1 unspecified atom stereocenters. The van der Waals surface area contributed by atoms with Gasteiger partial charge in [-0.1, -0.05) is 35.5 Å². The van der Waals surface area contributed by atoms with Crippen molar-refractivity contribution in [3.05, 3.63) is 64.5 Å². The molecule has 1 aliphatic rings. The first kappa shape index (κ1) is 21.8. The third kappa shape index (κ3) is 4.43. The first-order valence-electron chi connectivity index (χ1n) is 9.58. The maximum Gasteiger partial charge on any atom is 0.338 e. The van der Waals surface area contributed by atoms with Gasteiger partial charge in [0, 0.05) is 16.5 Å². The number of nitrogens with one attached hydrogen (secondary N) is 2. The number of thioether (sulfide) groups is 1. The molecule has 0 spiro atoms. The molecule has 4 rings (SSSR count). The minimum atomic E-state index is -0.704. The Balaban J connectivity index is 1.65. The molecule has 2 amide bonds. The van der Waals surface area contributed by atoms with E-state index < -0.39 is 18.0 Å². The molecule has 3 heterocycles. The molecule has 0 fully saturated rings. The normalized spacial score (nSPS) is 15.9. The van der Waals surface area contributed by atoms with Crippen LogP contribution in [0, 0.1) is 0 Å². The number of carbonyl (C=O) groups excluding carboxylic acids is 2. The van der Waals surface area contributed by atoms with Crippen molar-refractivity contribution in [2.24, 2.45) is 0 Å². The molecule has 1 aliphatic heterocycles. The number of halogens is 1. The van der Waals surface area contributed by atoms with Gasteiger partial charge in [0.2, 0.25) is 11.0 Å². The van der Waals surface area contributed by atoms with Crippen LogP contribution in [-0.4, -0.2) is 39.2 Å². The molecular formula is C20H19ClN6O4S. The quantitative estimate of drug-likeness (QED) is 0.270. The van der Waals surface area contributed by atoms with Gasteiger partial charge in [0.25, 0.3) is 0 Å². The maximum atomic E-state index is 12.8. The van der Waals surface area contributed by atoms with Crippen molar-refractivity contribution in [1.29, 1.82) is 0 Å². The van der Waals surface area contributed by atoms with Crippen LogP contribution in [0.1, 0.15) is 18.5 Å². The van der Waals surface area contributed by atoms with Crippen molar-refractivity contribution in [3.63, 3.8) is 0 Å². The van der Waals surface area contributed by atoms with Crippen LogP contribution in [0.5, 0.6) is 0 Å². The Hall–Kier alpha value is -3.44. The molecule has 0 saturated carbocycles. The van der Waals surface area contributed by atoms with Gasteiger partial charge in [0.15, 0.2) is 5.76 Å². The highest BCUT2D eigenvalue weighted by Gasteiger charge is 2.34. The first-order valence-corrected chi connectivity index (χ1v) is 10.9. The molecule has 3 aromatic rings. The molecule has 10 nitrogen and oxygen atoms in total. The number of amides is 2. The van der Waals surface area contributed by atoms with Gasteiger partial charge in [0.05, 0.1) is 24.5 Å². The van der Waals surface area contributed by atoms with Gasteiger partial charge in [-0.15, -0.1) is 10.2 Å². The molecule has 0 radical (unpaired) electrons. The van der Waals surface area contributed by atoms with Crippen molar-refractivity contribution in [2.75, 3.05) is 18.2 Å². The lowest BCUT2D eigenvalue weighted by Gasteiger charge is -2.29. The number of benzene rings is 1. The summed E-state index contributed by atoms with van der Waals surface area (Å²) in [4.78, 5) is 25.2. The van der Waals surface area contributed by atoms with Gasteiger partial charge >= 0.3 is 12.0 Å². The number of ether oxygens (including phenoxy) is 1. The Kier molecular flexibility index (Phi) is 6.37. The average Bonchev–Trinajstić information content (AvgIpc) is 3.42. The number of nitrogens with zero attached hydrogens (tertiary/aromatic N) is 3. The zero-order valence-electron chi connectivity index (χ0n) is 16.9. The van der Waals surface area contributed by atoms with E-state index >= 15 is 0 Å². The second kappa shape index (κ2) is 9.37. The molecule has 0 saturated heterocycles. The van der Waals surface area contributed by atoms with E-state index in [0.717, 1.165) is 0 Å². The number of hydrogen-bond acceptors (Lipinski definition) is 8. The number of aromatic nitrogens is 3. The number of urea groups is 1. The summed E-state index contributed by atoms with van der Waals surface area (Å²) in [6.45, 7) is 1.90. The lowest BCUT2D eigenvalue weighted by Crippen LogP contribution is -2.46. The Labute approximate surface area is 192 Å². The summed E-state index contributed by atoms with van der Waals surface area (Å²) in [6, 6.07) is 9.15. The topological polar surface area (TPSA) is 137 Å². The largest absolute Gasteiger partial charge is 0.463 e. The summed E-state index contributed by atoms with van der Waals surface area (Å²) < 4.78 is 11.9. The highest BCUT2D eigenvalue weighted by Crippen LogP contribution is 2.31. The van der Waals surface area contributed by atoms with Crippen LogP contribution in [0.2, 0.25) is 5.02 Å². The standard InChI is InChI=1S/C20H19ClN6O4S/c1-2-30-18(28)15-13(23-19(29)24-16(15)11-5-7-12(21)8-6-11)10-32-20-26-25-17(27(20)22)14-4-3-9-31-14/h3-9,16H,2,10,22H2,1H3,(H2,23,24,29). The van der Waals surface area contributed by atoms with Gasteiger partial charge < -0.3 is 25.6 Å². The third-order valence-electron chi connectivity index (χ3n) is 4.60. The van der Waals surface area contributed by atoms with E-state index in [1.807, 2.05) is 0 Å². The van der Waals surface area contributed by atoms with Crippen LogP contribution < -0.4 is 16.5 Å². The number of carbonyl (C=O) groups is 2. The van der Waals surface area contributed by atoms with E-state index in [2.05, 4.69) is 20.8 Å². The van der Waals surface area contributed by atoms with Crippen molar-refractivity contribution in [3.8, 4) is 11.6 Å². The highest BCUT2D eigenvalue weighted by molar-refractivity contribution is 7.99. The monoisotopic (exact) mass is 474 g/mol. The summed E-state index contributed by atoms with van der Waals surface area (Å²) in [5, 5.41) is 14.5. The number of furan rings is 1. The fraction of sp³-hybridized carbons (Fsp3) is 0.200. The predicted octanol–water partition coefficient (Wildman–Crippen LogP) is 2.87. The second-order valence-corrected chi connectivity index (χ2v) is 8.02. The Morgan fingerprint density at radius 2 is 2.09 bits per heavy atom. The molecule has 1 aromatic carbocycles. The smallest absolute Gasteiger partial charge is 0.338 e. The zero-order valence-corrected chi connectivity index (χ0v) is 18.4. The van der Waals surface area contributed by atoms with Crippen LogP contribution in [0.15, 0.2) is 63.5 Å². The fourth-order valence-electron chi connectivity index (χ4n) is 3.17. The molecular weight excluding hydrogens is 456 g/mol. The van der Waals surface area contributed by atoms with E-state index in [4.69, 9.17) is 26.6 Å². The summed E-state index contributed by atoms with van der Waals surface area (Å²) in [5.74, 6) is 6.58. The van der Waals surface area contributed by atoms with Crippen molar-refractivity contribution >= 4 is 35.4 Å². The van der Waals surface area contributed by atoms with E-state index in [1.165, 1.54) is 22.7 Å².